The van der Waals surface area contributed by atoms with Gasteiger partial charge in [0.1, 0.15) is 5.69 Å². The van der Waals surface area contributed by atoms with E-state index in [4.69, 9.17) is 27.6 Å². The number of carbonyl (C=O) groups excluding carboxylic acids is 1. The fraction of sp³-hybridized carbons (Fsp3) is 0.0625. The molecule has 1 amide bonds. The summed E-state index contributed by atoms with van der Waals surface area (Å²) in [5.41, 5.74) is 1.62. The van der Waals surface area contributed by atoms with Gasteiger partial charge in [-0.3, -0.25) is 9.78 Å². The van der Waals surface area contributed by atoms with Crippen molar-refractivity contribution in [3.8, 4) is 11.5 Å². The molecule has 3 aromatic rings. The molecule has 1 N–H and O–H groups in total. The third-order valence-electron chi connectivity index (χ3n) is 3.13. The van der Waals surface area contributed by atoms with Gasteiger partial charge in [-0.2, -0.15) is 0 Å². The highest BCUT2D eigenvalue weighted by Gasteiger charge is 2.13. The molecule has 0 bridgehead atoms. The lowest BCUT2D eigenvalue weighted by atomic mass is 10.2. The molecule has 7 heteroatoms. The molecule has 0 radical (unpaired) electrons. The van der Waals surface area contributed by atoms with E-state index in [2.05, 4.69) is 15.3 Å². The Morgan fingerprint density at radius 3 is 2.70 bits per heavy atom. The SMILES string of the molecule is O=C(NCc1nccnc1-c1ccco1)c1ccc(Cl)c(Cl)c1. The Morgan fingerprint density at radius 1 is 1.13 bits per heavy atom. The van der Waals surface area contributed by atoms with Crippen molar-refractivity contribution >= 4 is 29.1 Å². The average molecular weight is 348 g/mol. The molecular formula is C16H11Cl2N3O2. The number of carbonyl (C=O) groups is 1. The molecule has 0 atom stereocenters. The van der Waals surface area contributed by atoms with E-state index in [-0.39, 0.29) is 12.5 Å². The van der Waals surface area contributed by atoms with E-state index in [1.165, 1.54) is 6.07 Å². The van der Waals surface area contributed by atoms with Crippen molar-refractivity contribution in [2.75, 3.05) is 0 Å². The van der Waals surface area contributed by atoms with Crippen LogP contribution in [0, 0.1) is 0 Å². The Bertz CT molecular complexity index is 835. The maximum atomic E-state index is 12.2. The Labute approximate surface area is 142 Å². The molecule has 0 fully saturated rings. The first kappa shape index (κ1) is 15.5. The van der Waals surface area contributed by atoms with E-state index >= 15 is 0 Å². The van der Waals surface area contributed by atoms with Crippen molar-refractivity contribution in [2.24, 2.45) is 0 Å². The average Bonchev–Trinajstić information content (AvgIpc) is 3.10. The molecule has 5 nitrogen and oxygen atoms in total. The summed E-state index contributed by atoms with van der Waals surface area (Å²) < 4.78 is 5.33. The molecule has 0 saturated heterocycles. The summed E-state index contributed by atoms with van der Waals surface area (Å²) in [6.07, 6.45) is 4.69. The van der Waals surface area contributed by atoms with Gasteiger partial charge in [-0.15, -0.1) is 0 Å². The van der Waals surface area contributed by atoms with Gasteiger partial charge in [-0.1, -0.05) is 23.2 Å². The number of hydrogen-bond acceptors (Lipinski definition) is 4. The minimum atomic E-state index is -0.278. The number of furan rings is 1. The molecule has 0 unspecified atom stereocenters. The molecular weight excluding hydrogens is 337 g/mol. The molecule has 0 saturated carbocycles. The number of benzene rings is 1. The largest absolute Gasteiger partial charge is 0.463 e. The third kappa shape index (κ3) is 3.52. The molecule has 23 heavy (non-hydrogen) atoms. The van der Waals surface area contributed by atoms with Gasteiger partial charge in [0.2, 0.25) is 0 Å². The predicted molar refractivity (Wildman–Crippen MR) is 87.4 cm³/mol. The van der Waals surface area contributed by atoms with E-state index in [9.17, 15) is 4.79 Å². The zero-order chi connectivity index (χ0) is 16.2. The number of amides is 1. The molecule has 0 aliphatic rings. The molecule has 3 rings (SSSR count). The maximum Gasteiger partial charge on any atom is 0.251 e. The van der Waals surface area contributed by atoms with E-state index in [1.54, 1.807) is 42.9 Å². The van der Waals surface area contributed by atoms with Gasteiger partial charge >= 0.3 is 0 Å². The summed E-state index contributed by atoms with van der Waals surface area (Å²) in [5.74, 6) is 0.316. The lowest BCUT2D eigenvalue weighted by Crippen LogP contribution is -2.23. The van der Waals surface area contributed by atoms with Gasteiger partial charge in [0.25, 0.3) is 5.91 Å². The summed E-state index contributed by atoms with van der Waals surface area (Å²) in [6, 6.07) is 8.25. The Kier molecular flexibility index (Phi) is 4.60. The van der Waals surface area contributed by atoms with Gasteiger partial charge in [0.15, 0.2) is 5.76 Å². The smallest absolute Gasteiger partial charge is 0.251 e. The minimum Gasteiger partial charge on any atom is -0.463 e. The summed E-state index contributed by atoms with van der Waals surface area (Å²) in [7, 11) is 0. The molecule has 0 aliphatic heterocycles. The van der Waals surface area contributed by atoms with Crippen LogP contribution in [0.2, 0.25) is 10.0 Å². The van der Waals surface area contributed by atoms with Crippen LogP contribution in [0.5, 0.6) is 0 Å². The number of aromatic nitrogens is 2. The van der Waals surface area contributed by atoms with Gasteiger partial charge in [0, 0.05) is 18.0 Å². The van der Waals surface area contributed by atoms with E-state index in [0.717, 1.165) is 0 Å². The van der Waals surface area contributed by atoms with Gasteiger partial charge in [0.05, 0.1) is 28.5 Å². The monoisotopic (exact) mass is 347 g/mol. The van der Waals surface area contributed by atoms with Crippen molar-refractivity contribution in [2.45, 2.75) is 6.54 Å². The summed E-state index contributed by atoms with van der Waals surface area (Å²) in [5, 5.41) is 3.51. The van der Waals surface area contributed by atoms with E-state index < -0.39 is 0 Å². The van der Waals surface area contributed by atoms with Crippen LogP contribution in [0.4, 0.5) is 0 Å². The first-order valence-corrected chi connectivity index (χ1v) is 7.48. The zero-order valence-electron chi connectivity index (χ0n) is 11.8. The van der Waals surface area contributed by atoms with E-state index in [0.29, 0.717) is 32.8 Å². The second-order valence-electron chi connectivity index (χ2n) is 4.64. The van der Waals surface area contributed by atoms with Crippen molar-refractivity contribution in [3.63, 3.8) is 0 Å². The number of nitrogens with zero attached hydrogens (tertiary/aromatic N) is 2. The zero-order valence-corrected chi connectivity index (χ0v) is 13.3. The lowest BCUT2D eigenvalue weighted by molar-refractivity contribution is 0.0950. The number of hydrogen-bond donors (Lipinski definition) is 1. The van der Waals surface area contributed by atoms with Crippen LogP contribution in [0.15, 0.2) is 53.4 Å². The van der Waals surface area contributed by atoms with Crippen LogP contribution in [0.1, 0.15) is 16.1 Å². The van der Waals surface area contributed by atoms with Crippen LogP contribution in [-0.2, 0) is 6.54 Å². The second-order valence-corrected chi connectivity index (χ2v) is 5.45. The first-order chi connectivity index (χ1) is 11.1. The van der Waals surface area contributed by atoms with Crippen molar-refractivity contribution in [3.05, 3.63) is 70.3 Å². The molecule has 0 aliphatic carbocycles. The molecule has 1 aromatic carbocycles. The van der Waals surface area contributed by atoms with Gasteiger partial charge in [-0.25, -0.2) is 4.98 Å². The van der Waals surface area contributed by atoms with E-state index in [1.807, 2.05) is 0 Å². The lowest BCUT2D eigenvalue weighted by Gasteiger charge is -2.08. The summed E-state index contributed by atoms with van der Waals surface area (Å²) in [6.45, 7) is 0.211. The Hall–Kier alpha value is -2.37. The molecule has 0 spiro atoms. The summed E-state index contributed by atoms with van der Waals surface area (Å²) in [4.78, 5) is 20.7. The molecule has 2 aromatic heterocycles. The van der Waals surface area contributed by atoms with Crippen LogP contribution < -0.4 is 5.32 Å². The first-order valence-electron chi connectivity index (χ1n) is 6.72. The van der Waals surface area contributed by atoms with Gasteiger partial charge < -0.3 is 9.73 Å². The number of rotatable bonds is 4. The highest BCUT2D eigenvalue weighted by atomic mass is 35.5. The summed E-state index contributed by atoms with van der Waals surface area (Å²) >= 11 is 11.8. The maximum absolute atomic E-state index is 12.2. The normalized spacial score (nSPS) is 10.5. The number of nitrogens with one attached hydrogen (secondary N) is 1. The standard InChI is InChI=1S/C16H11Cl2N3O2/c17-11-4-3-10(8-12(11)18)16(22)21-9-13-15(20-6-5-19-13)14-2-1-7-23-14/h1-8H,9H2,(H,21,22). The highest BCUT2D eigenvalue weighted by molar-refractivity contribution is 6.42. The van der Waals surface area contributed by atoms with Crippen molar-refractivity contribution in [1.29, 1.82) is 0 Å². The Balaban J connectivity index is 1.76. The quantitative estimate of drug-likeness (QED) is 0.775. The van der Waals surface area contributed by atoms with Crippen LogP contribution in [0.25, 0.3) is 11.5 Å². The van der Waals surface area contributed by atoms with Crippen molar-refractivity contribution in [1.82, 2.24) is 15.3 Å². The molecule has 116 valence electrons. The fourth-order valence-electron chi connectivity index (χ4n) is 2.02. The van der Waals surface area contributed by atoms with Gasteiger partial charge in [-0.05, 0) is 30.3 Å². The topological polar surface area (TPSA) is 68.0 Å². The Morgan fingerprint density at radius 2 is 1.96 bits per heavy atom. The number of halogens is 2. The second kappa shape index (κ2) is 6.81. The molecule has 2 heterocycles. The third-order valence-corrected chi connectivity index (χ3v) is 3.87. The van der Waals surface area contributed by atoms with Crippen LogP contribution in [0.3, 0.4) is 0 Å². The van der Waals surface area contributed by atoms with Crippen LogP contribution in [-0.4, -0.2) is 15.9 Å². The van der Waals surface area contributed by atoms with Crippen molar-refractivity contribution < 1.29 is 9.21 Å². The predicted octanol–water partition coefficient (Wildman–Crippen LogP) is 3.97. The highest BCUT2D eigenvalue weighted by Crippen LogP contribution is 2.23. The van der Waals surface area contributed by atoms with Crippen LogP contribution >= 0.6 is 23.2 Å². The fourth-order valence-corrected chi connectivity index (χ4v) is 2.32. The minimum absolute atomic E-state index is 0.211.